The molecular weight excluding hydrogens is 294 g/mol. The molecule has 0 unspecified atom stereocenters. The minimum atomic E-state index is -0.575. The van der Waals surface area contributed by atoms with Crippen molar-refractivity contribution in [1.82, 2.24) is 0 Å². The minimum Gasteiger partial charge on any atom is -0.484 e. The molecule has 2 saturated heterocycles. The van der Waals surface area contributed by atoms with Crippen molar-refractivity contribution in [1.29, 1.82) is 0 Å². The van der Waals surface area contributed by atoms with E-state index < -0.39 is 6.10 Å². The summed E-state index contributed by atoms with van der Waals surface area (Å²) in [5.41, 5.74) is 2.07. The fourth-order valence-electron chi connectivity index (χ4n) is 2.83. The van der Waals surface area contributed by atoms with Gasteiger partial charge < -0.3 is 24.6 Å². The molecule has 21 heavy (non-hydrogen) atoms. The van der Waals surface area contributed by atoms with Gasteiger partial charge in [-0.3, -0.25) is 0 Å². The Bertz CT molecular complexity index is 525. The Morgan fingerprint density at radius 2 is 2.10 bits per heavy atom. The number of hydrogen-bond acceptors (Lipinski definition) is 5. The van der Waals surface area contributed by atoms with Crippen LogP contribution in [0.3, 0.4) is 0 Å². The van der Waals surface area contributed by atoms with Crippen LogP contribution in [-0.4, -0.2) is 49.3 Å². The molecule has 0 amide bonds. The van der Waals surface area contributed by atoms with Gasteiger partial charge in [-0.05, 0) is 25.5 Å². The number of aryl methyl sites for hydroxylation is 1. The average Bonchev–Trinajstić information content (AvgIpc) is 3.00. The van der Waals surface area contributed by atoms with E-state index >= 15 is 0 Å². The largest absolute Gasteiger partial charge is 0.484 e. The van der Waals surface area contributed by atoms with Gasteiger partial charge in [-0.2, -0.15) is 0 Å². The van der Waals surface area contributed by atoms with Crippen LogP contribution in [0.5, 0.6) is 5.75 Å². The van der Waals surface area contributed by atoms with Gasteiger partial charge in [-0.15, -0.1) is 0 Å². The molecule has 2 heterocycles. The first-order valence-electron chi connectivity index (χ1n) is 7.22. The highest BCUT2D eigenvalue weighted by molar-refractivity contribution is 6.32. The first-order chi connectivity index (χ1) is 10.1. The number of aliphatic hydroxyl groups excluding tert-OH is 1. The van der Waals surface area contributed by atoms with Crippen LogP contribution in [0, 0.1) is 6.92 Å². The Kier molecular flexibility index (Phi) is 4.26. The molecule has 2 N–H and O–H groups in total. The topological polar surface area (TPSA) is 60.0 Å². The van der Waals surface area contributed by atoms with Gasteiger partial charge in [0.25, 0.3) is 0 Å². The van der Waals surface area contributed by atoms with Crippen LogP contribution >= 0.6 is 11.6 Å². The van der Waals surface area contributed by atoms with E-state index in [0.29, 0.717) is 24.0 Å². The van der Waals surface area contributed by atoms with Crippen molar-refractivity contribution in [3.8, 4) is 5.75 Å². The number of benzene rings is 1. The van der Waals surface area contributed by atoms with Crippen molar-refractivity contribution in [2.75, 3.05) is 25.1 Å². The van der Waals surface area contributed by atoms with Crippen LogP contribution in [0.4, 0.5) is 5.69 Å². The third-order valence-electron chi connectivity index (χ3n) is 3.91. The summed E-state index contributed by atoms with van der Waals surface area (Å²) < 4.78 is 17.1. The predicted octanol–water partition coefficient (Wildman–Crippen LogP) is 1.99. The van der Waals surface area contributed by atoms with Gasteiger partial charge in [0.2, 0.25) is 0 Å². The number of halogens is 1. The van der Waals surface area contributed by atoms with Crippen molar-refractivity contribution in [2.45, 2.75) is 38.3 Å². The number of fused-ring (bicyclic) bond motifs is 1. The third kappa shape index (κ3) is 2.83. The molecular formula is C15H20ClNO4. The highest BCUT2D eigenvalue weighted by atomic mass is 35.5. The number of anilines is 1. The van der Waals surface area contributed by atoms with Gasteiger partial charge in [0, 0.05) is 18.3 Å². The summed E-state index contributed by atoms with van der Waals surface area (Å²) in [7, 11) is 0. The van der Waals surface area contributed by atoms with Gasteiger partial charge in [0.1, 0.15) is 24.1 Å². The van der Waals surface area contributed by atoms with Crippen molar-refractivity contribution >= 4 is 17.3 Å². The van der Waals surface area contributed by atoms with E-state index in [1.54, 1.807) is 0 Å². The molecule has 0 spiro atoms. The zero-order valence-electron chi connectivity index (χ0n) is 12.1. The SMILES string of the molecule is CCNc1cc(O[C@H]2CO[C@H]3[C@@H]2OC[C@@H]3O)c(Cl)cc1C. The Hall–Kier alpha value is -1.01. The molecule has 2 aliphatic rings. The fraction of sp³-hybridized carbons (Fsp3) is 0.600. The van der Waals surface area contributed by atoms with E-state index in [0.717, 1.165) is 17.8 Å². The second-order valence-corrected chi connectivity index (χ2v) is 5.85. The minimum absolute atomic E-state index is 0.236. The van der Waals surface area contributed by atoms with Crippen molar-refractivity contribution in [2.24, 2.45) is 0 Å². The number of rotatable bonds is 4. The van der Waals surface area contributed by atoms with Crippen LogP contribution < -0.4 is 10.1 Å². The van der Waals surface area contributed by atoms with Crippen molar-refractivity contribution < 1.29 is 19.3 Å². The standard InChI is InChI=1S/C15H20ClNO4/c1-3-17-10-5-12(9(16)4-8(10)2)21-13-7-20-14-11(18)6-19-15(13)14/h4-5,11,13-15,17-18H,3,6-7H2,1-2H3/t11-,13-,14+,15+/m0/s1. The molecule has 0 radical (unpaired) electrons. The Morgan fingerprint density at radius 1 is 1.33 bits per heavy atom. The molecule has 0 bridgehead atoms. The second-order valence-electron chi connectivity index (χ2n) is 5.45. The van der Waals surface area contributed by atoms with Crippen molar-refractivity contribution in [3.63, 3.8) is 0 Å². The zero-order chi connectivity index (χ0) is 15.0. The molecule has 6 heteroatoms. The lowest BCUT2D eigenvalue weighted by Gasteiger charge is -2.20. The summed E-state index contributed by atoms with van der Waals surface area (Å²) in [6, 6.07) is 3.78. The van der Waals surface area contributed by atoms with Crippen LogP contribution in [0.2, 0.25) is 5.02 Å². The van der Waals surface area contributed by atoms with E-state index in [1.807, 2.05) is 26.0 Å². The van der Waals surface area contributed by atoms with Crippen LogP contribution in [0.15, 0.2) is 12.1 Å². The molecule has 0 saturated carbocycles. The zero-order valence-corrected chi connectivity index (χ0v) is 12.9. The van der Waals surface area contributed by atoms with E-state index in [-0.39, 0.29) is 18.3 Å². The maximum absolute atomic E-state index is 9.75. The number of aliphatic hydroxyl groups is 1. The molecule has 3 rings (SSSR count). The van der Waals surface area contributed by atoms with E-state index in [4.69, 9.17) is 25.8 Å². The van der Waals surface area contributed by atoms with Crippen LogP contribution in [-0.2, 0) is 9.47 Å². The highest BCUT2D eigenvalue weighted by Crippen LogP contribution is 2.35. The summed E-state index contributed by atoms with van der Waals surface area (Å²) in [6.45, 7) is 5.55. The molecule has 2 aliphatic heterocycles. The van der Waals surface area contributed by atoms with Crippen LogP contribution in [0.1, 0.15) is 12.5 Å². The maximum Gasteiger partial charge on any atom is 0.151 e. The summed E-state index contributed by atoms with van der Waals surface area (Å²) >= 11 is 6.27. The van der Waals surface area contributed by atoms with E-state index in [2.05, 4.69) is 5.32 Å². The molecule has 116 valence electrons. The lowest BCUT2D eigenvalue weighted by molar-refractivity contribution is 0.00865. The second kappa shape index (κ2) is 6.01. The molecule has 2 fully saturated rings. The number of ether oxygens (including phenoxy) is 3. The third-order valence-corrected chi connectivity index (χ3v) is 4.20. The summed E-state index contributed by atoms with van der Waals surface area (Å²) in [5, 5.41) is 13.6. The highest BCUT2D eigenvalue weighted by Gasteiger charge is 2.48. The van der Waals surface area contributed by atoms with Gasteiger partial charge >= 0.3 is 0 Å². The first-order valence-corrected chi connectivity index (χ1v) is 7.60. The summed E-state index contributed by atoms with van der Waals surface area (Å²) in [5.74, 6) is 0.609. The van der Waals surface area contributed by atoms with Gasteiger partial charge in [0.05, 0.1) is 18.2 Å². The average molecular weight is 314 g/mol. The van der Waals surface area contributed by atoms with Crippen LogP contribution in [0.25, 0.3) is 0 Å². The Morgan fingerprint density at radius 3 is 2.86 bits per heavy atom. The summed E-state index contributed by atoms with van der Waals surface area (Å²) in [4.78, 5) is 0. The van der Waals surface area contributed by atoms with Crippen molar-refractivity contribution in [3.05, 3.63) is 22.7 Å². The summed E-state index contributed by atoms with van der Waals surface area (Å²) in [6.07, 6.45) is -1.36. The number of hydrogen-bond donors (Lipinski definition) is 2. The molecule has 1 aromatic carbocycles. The molecule has 0 aromatic heterocycles. The predicted molar refractivity (Wildman–Crippen MR) is 80.3 cm³/mol. The fourth-order valence-corrected chi connectivity index (χ4v) is 3.09. The normalized spacial score (nSPS) is 31.2. The first kappa shape index (κ1) is 14.9. The van der Waals surface area contributed by atoms with Gasteiger partial charge in [-0.25, -0.2) is 0 Å². The van der Waals surface area contributed by atoms with Gasteiger partial charge in [0.15, 0.2) is 6.10 Å². The lowest BCUT2D eigenvalue weighted by atomic mass is 10.1. The van der Waals surface area contributed by atoms with E-state index in [1.165, 1.54) is 0 Å². The molecule has 0 aliphatic carbocycles. The quantitative estimate of drug-likeness (QED) is 0.890. The number of nitrogens with one attached hydrogen (secondary N) is 1. The molecule has 4 atom stereocenters. The molecule has 5 nitrogen and oxygen atoms in total. The van der Waals surface area contributed by atoms with E-state index in [9.17, 15) is 5.11 Å². The maximum atomic E-state index is 9.75. The van der Waals surface area contributed by atoms with Gasteiger partial charge in [-0.1, -0.05) is 11.6 Å². The monoisotopic (exact) mass is 313 g/mol. The molecule has 1 aromatic rings. The smallest absolute Gasteiger partial charge is 0.151 e. The Balaban J connectivity index is 1.77. The Labute approximate surface area is 129 Å². The lowest BCUT2D eigenvalue weighted by Crippen LogP contribution is -2.34.